The van der Waals surface area contributed by atoms with E-state index in [4.69, 9.17) is 24.9 Å². The van der Waals surface area contributed by atoms with E-state index < -0.39 is 0 Å². The second-order valence-corrected chi connectivity index (χ2v) is 15.3. The normalized spacial score (nSPS) is 11.5. The van der Waals surface area contributed by atoms with Crippen LogP contribution in [-0.2, 0) is 0 Å². The maximum Gasteiger partial charge on any atom is 0.164 e. The third kappa shape index (κ3) is 6.02. The van der Waals surface area contributed by atoms with Crippen molar-refractivity contribution < 1.29 is 0 Å². The number of hydrogen-bond acceptors (Lipinski definition) is 5. The first-order chi connectivity index (χ1) is 30.7. The van der Waals surface area contributed by atoms with Crippen molar-refractivity contribution in [3.8, 4) is 68.3 Å². The zero-order valence-corrected chi connectivity index (χ0v) is 33.3. The fourth-order valence-corrected chi connectivity index (χ4v) is 8.65. The summed E-state index contributed by atoms with van der Waals surface area (Å²) in [5, 5.41) is 4.65. The van der Waals surface area contributed by atoms with Crippen LogP contribution in [0.4, 0.5) is 0 Å². The summed E-state index contributed by atoms with van der Waals surface area (Å²) in [4.78, 5) is 26.0. The maximum absolute atomic E-state index is 5.31. The topological polar surface area (TPSA) is 74.3 Å². The Bertz CT molecular complexity index is 3400. The first kappa shape index (κ1) is 35.4. The van der Waals surface area contributed by atoms with Gasteiger partial charge >= 0.3 is 0 Å². The fourth-order valence-electron chi connectivity index (χ4n) is 8.65. The largest absolute Gasteiger partial charge is 0.292 e. The Kier molecular flexibility index (Phi) is 8.35. The molecule has 0 aliphatic heterocycles. The molecule has 0 amide bonds. The molecular formula is C55H35N7. The molecule has 3 heterocycles. The van der Waals surface area contributed by atoms with Crippen LogP contribution in [0.5, 0.6) is 0 Å². The zero-order chi connectivity index (χ0) is 41.0. The van der Waals surface area contributed by atoms with Gasteiger partial charge in [0.05, 0.1) is 33.4 Å². The minimum absolute atomic E-state index is 0.558. The van der Waals surface area contributed by atoms with Crippen LogP contribution in [0.1, 0.15) is 0 Å². The van der Waals surface area contributed by atoms with Crippen LogP contribution in [0, 0.1) is 0 Å². The number of rotatable bonds is 7. The molecule has 0 spiro atoms. The van der Waals surface area contributed by atoms with E-state index in [1.54, 1.807) is 0 Å². The molecule has 0 saturated heterocycles. The monoisotopic (exact) mass is 793 g/mol. The lowest BCUT2D eigenvalue weighted by Crippen LogP contribution is -2.01. The van der Waals surface area contributed by atoms with Crippen LogP contribution in [0.2, 0.25) is 0 Å². The summed E-state index contributed by atoms with van der Waals surface area (Å²) in [7, 11) is 0. The zero-order valence-electron chi connectivity index (χ0n) is 33.3. The van der Waals surface area contributed by atoms with Gasteiger partial charge in [-0.05, 0) is 59.3 Å². The highest BCUT2D eigenvalue weighted by atomic mass is 15.1. The molecule has 0 saturated carbocycles. The Hall–Kier alpha value is -8.55. The Balaban J connectivity index is 1.04. The van der Waals surface area contributed by atoms with Gasteiger partial charge in [-0.2, -0.15) is 0 Å². The summed E-state index contributed by atoms with van der Waals surface area (Å²) in [5.74, 6) is 3.43. The van der Waals surface area contributed by atoms with Crippen LogP contribution in [0.25, 0.3) is 112 Å². The van der Waals surface area contributed by atoms with Crippen molar-refractivity contribution >= 4 is 43.6 Å². The molecule has 12 aromatic rings. The summed E-state index contributed by atoms with van der Waals surface area (Å²) in [6.07, 6.45) is 0. The van der Waals surface area contributed by atoms with Crippen LogP contribution in [0.3, 0.4) is 0 Å². The highest BCUT2D eigenvalue weighted by Crippen LogP contribution is 2.37. The van der Waals surface area contributed by atoms with Crippen molar-refractivity contribution in [2.24, 2.45) is 0 Å². The molecule has 0 fully saturated rings. The molecule has 0 unspecified atom stereocenters. The van der Waals surface area contributed by atoms with Gasteiger partial charge in [0.25, 0.3) is 0 Å². The highest BCUT2D eigenvalue weighted by molar-refractivity contribution is 5.97. The van der Waals surface area contributed by atoms with Crippen molar-refractivity contribution in [2.45, 2.75) is 0 Å². The molecule has 7 nitrogen and oxygen atoms in total. The minimum atomic E-state index is 0.558. The van der Waals surface area contributed by atoms with E-state index in [1.165, 1.54) is 10.8 Å². The van der Waals surface area contributed by atoms with E-state index in [1.807, 2.05) is 42.5 Å². The average Bonchev–Trinajstić information content (AvgIpc) is 3.93. The molecule has 9 aromatic carbocycles. The van der Waals surface area contributed by atoms with Gasteiger partial charge in [0.15, 0.2) is 17.5 Å². The second-order valence-electron chi connectivity index (χ2n) is 15.3. The number of benzene rings is 9. The summed E-state index contributed by atoms with van der Waals surface area (Å²) in [6, 6.07) is 73.3. The second kappa shape index (κ2) is 14.6. The van der Waals surface area contributed by atoms with Crippen LogP contribution in [-0.4, -0.2) is 34.1 Å². The predicted octanol–water partition coefficient (Wildman–Crippen LogP) is 13.2. The highest BCUT2D eigenvalue weighted by Gasteiger charge is 2.21. The minimum Gasteiger partial charge on any atom is -0.292 e. The lowest BCUT2D eigenvalue weighted by Gasteiger charge is -2.13. The van der Waals surface area contributed by atoms with Gasteiger partial charge in [0, 0.05) is 38.6 Å². The number of imidazole rings is 2. The first-order valence-electron chi connectivity index (χ1n) is 20.7. The van der Waals surface area contributed by atoms with Crippen LogP contribution >= 0.6 is 0 Å². The first-order valence-corrected chi connectivity index (χ1v) is 20.7. The Morgan fingerprint density at radius 3 is 1.10 bits per heavy atom. The molecule has 0 aliphatic carbocycles. The summed E-state index contributed by atoms with van der Waals surface area (Å²) in [5.41, 5.74) is 10.4. The van der Waals surface area contributed by atoms with Gasteiger partial charge in [0.1, 0.15) is 11.6 Å². The Labute approximate surface area is 356 Å². The van der Waals surface area contributed by atoms with Crippen LogP contribution in [0.15, 0.2) is 212 Å². The number of nitrogens with zero attached hydrogens (tertiary/aromatic N) is 7. The fraction of sp³-hybridized carbons (Fsp3) is 0. The van der Waals surface area contributed by atoms with Crippen molar-refractivity contribution in [1.29, 1.82) is 0 Å². The molecule has 7 heteroatoms. The smallest absolute Gasteiger partial charge is 0.164 e. The van der Waals surface area contributed by atoms with Crippen LogP contribution < -0.4 is 0 Å². The lowest BCUT2D eigenvalue weighted by molar-refractivity contribution is 1.07. The maximum atomic E-state index is 5.31. The standard InChI is InChI=1S/C55H35N7/c1-4-18-38(19-5-1)51-58-52(41-30-32-49-45(34-41)56-54(39-20-6-2-7-21-39)61(49)47-28-14-24-36-16-10-12-26-43(36)47)60-53(59-51)42-31-33-50-46(35-42)57-55(40-22-8-3-9-23-40)62(50)48-29-15-25-37-17-11-13-27-44(37)48/h1-35H. The van der Waals surface area contributed by atoms with E-state index >= 15 is 0 Å². The van der Waals surface area contributed by atoms with Crippen molar-refractivity contribution in [3.05, 3.63) is 212 Å². The summed E-state index contributed by atoms with van der Waals surface area (Å²) in [6.45, 7) is 0. The molecule has 3 aromatic heterocycles. The van der Waals surface area contributed by atoms with Gasteiger partial charge in [-0.3, -0.25) is 9.13 Å². The van der Waals surface area contributed by atoms with Gasteiger partial charge < -0.3 is 0 Å². The summed E-state index contributed by atoms with van der Waals surface area (Å²) < 4.78 is 4.53. The molecule has 12 rings (SSSR count). The van der Waals surface area contributed by atoms with Gasteiger partial charge in [-0.15, -0.1) is 0 Å². The molecule has 0 radical (unpaired) electrons. The molecule has 0 bridgehead atoms. The van der Waals surface area contributed by atoms with E-state index in [9.17, 15) is 0 Å². The quantitative estimate of drug-likeness (QED) is 0.161. The Morgan fingerprint density at radius 2 is 0.645 bits per heavy atom. The van der Waals surface area contributed by atoms with Crippen molar-refractivity contribution in [1.82, 2.24) is 34.1 Å². The average molecular weight is 794 g/mol. The molecule has 0 aliphatic rings. The molecule has 0 atom stereocenters. The number of hydrogen-bond donors (Lipinski definition) is 0. The third-order valence-electron chi connectivity index (χ3n) is 11.6. The van der Waals surface area contributed by atoms with Gasteiger partial charge in [0.2, 0.25) is 0 Å². The number of aromatic nitrogens is 7. The third-order valence-corrected chi connectivity index (χ3v) is 11.6. The molecular weight excluding hydrogens is 759 g/mol. The van der Waals surface area contributed by atoms with E-state index in [-0.39, 0.29) is 0 Å². The van der Waals surface area contributed by atoms with E-state index in [2.05, 4.69) is 179 Å². The van der Waals surface area contributed by atoms with E-state index in [0.29, 0.717) is 17.5 Å². The molecule has 62 heavy (non-hydrogen) atoms. The number of fused-ring (bicyclic) bond motifs is 4. The van der Waals surface area contributed by atoms with Crippen molar-refractivity contribution in [3.63, 3.8) is 0 Å². The predicted molar refractivity (Wildman–Crippen MR) is 251 cm³/mol. The van der Waals surface area contributed by atoms with Gasteiger partial charge in [-0.1, -0.05) is 164 Å². The van der Waals surface area contributed by atoms with Crippen molar-refractivity contribution in [2.75, 3.05) is 0 Å². The Morgan fingerprint density at radius 1 is 0.274 bits per heavy atom. The molecule has 0 N–H and O–H groups in total. The van der Waals surface area contributed by atoms with E-state index in [0.717, 1.165) is 83.7 Å². The summed E-state index contributed by atoms with van der Waals surface area (Å²) >= 11 is 0. The molecule has 290 valence electrons. The SMILES string of the molecule is c1ccc(-c2nc(-c3ccc4c(c3)nc(-c3ccccc3)n4-c3cccc4ccccc34)nc(-c3ccc4c(c3)nc(-c3ccccc3)n4-c3cccc4ccccc34)n2)cc1. The van der Waals surface area contributed by atoms with Gasteiger partial charge in [-0.25, -0.2) is 24.9 Å². The lowest BCUT2D eigenvalue weighted by atomic mass is 10.1.